The van der Waals surface area contributed by atoms with Crippen LogP contribution in [0.25, 0.3) is 0 Å². The van der Waals surface area contributed by atoms with Gasteiger partial charge in [-0.3, -0.25) is 4.99 Å². The number of hydrogen-bond acceptors (Lipinski definition) is 3. The summed E-state index contributed by atoms with van der Waals surface area (Å²) in [6.07, 6.45) is 4.85. The topological polar surface area (TPSA) is 46.1 Å². The summed E-state index contributed by atoms with van der Waals surface area (Å²) in [5.74, 6) is 1.87. The van der Waals surface area contributed by atoms with Gasteiger partial charge in [-0.05, 0) is 31.6 Å². The third kappa shape index (κ3) is 6.28. The van der Waals surface area contributed by atoms with Crippen molar-refractivity contribution >= 4 is 29.9 Å². The van der Waals surface area contributed by atoms with Crippen molar-refractivity contribution in [2.24, 2.45) is 10.9 Å². The van der Waals surface area contributed by atoms with Crippen LogP contribution in [0.15, 0.2) is 4.99 Å². The van der Waals surface area contributed by atoms with Gasteiger partial charge in [0.1, 0.15) is 0 Å². The molecule has 1 N–H and O–H groups in total. The Labute approximate surface area is 145 Å². The van der Waals surface area contributed by atoms with E-state index in [0.29, 0.717) is 12.1 Å². The number of rotatable bonds is 6. The summed E-state index contributed by atoms with van der Waals surface area (Å²) in [7, 11) is 3.61. The van der Waals surface area contributed by atoms with Crippen molar-refractivity contribution < 1.29 is 9.47 Å². The number of piperidine rings is 1. The van der Waals surface area contributed by atoms with Crippen molar-refractivity contribution in [2.75, 3.05) is 40.5 Å². The van der Waals surface area contributed by atoms with Gasteiger partial charge in [0.05, 0.1) is 6.10 Å². The third-order valence-electron chi connectivity index (χ3n) is 4.22. The molecule has 1 saturated carbocycles. The molecule has 5 nitrogen and oxygen atoms in total. The van der Waals surface area contributed by atoms with Crippen molar-refractivity contribution in [3.63, 3.8) is 0 Å². The summed E-state index contributed by atoms with van der Waals surface area (Å²) >= 11 is 0. The molecular weight excluding hydrogens is 381 g/mol. The van der Waals surface area contributed by atoms with Crippen LogP contribution in [0, 0.1) is 5.92 Å². The first-order valence-electron chi connectivity index (χ1n) is 7.83. The number of aliphatic imine (C=N–C) groups is 1. The van der Waals surface area contributed by atoms with E-state index in [1.807, 2.05) is 7.05 Å². The van der Waals surface area contributed by atoms with E-state index in [9.17, 15) is 0 Å². The number of methoxy groups -OCH3 is 1. The fraction of sp³-hybridized carbons (Fsp3) is 0.933. The molecule has 2 aliphatic rings. The summed E-state index contributed by atoms with van der Waals surface area (Å²) in [4.78, 5) is 6.77. The molecule has 1 saturated heterocycles. The van der Waals surface area contributed by atoms with Crippen LogP contribution in [0.5, 0.6) is 0 Å². The largest absolute Gasteiger partial charge is 0.385 e. The average Bonchev–Trinajstić information content (AvgIpc) is 3.17. The zero-order valence-corrected chi connectivity index (χ0v) is 15.8. The third-order valence-corrected chi connectivity index (χ3v) is 4.22. The smallest absolute Gasteiger partial charge is 0.193 e. The lowest BCUT2D eigenvalue weighted by molar-refractivity contribution is 0.00989. The molecule has 21 heavy (non-hydrogen) atoms. The average molecular weight is 411 g/mol. The minimum absolute atomic E-state index is 0. The summed E-state index contributed by atoms with van der Waals surface area (Å²) in [6, 6.07) is 0.636. The first kappa shape index (κ1) is 19.0. The van der Waals surface area contributed by atoms with Gasteiger partial charge in [0, 0.05) is 46.5 Å². The van der Waals surface area contributed by atoms with E-state index in [2.05, 4.69) is 22.1 Å². The van der Waals surface area contributed by atoms with Crippen LogP contribution in [-0.2, 0) is 9.47 Å². The Bertz CT molecular complexity index is 320. The number of hydrogen-bond donors (Lipinski definition) is 1. The van der Waals surface area contributed by atoms with E-state index in [4.69, 9.17) is 9.47 Å². The highest BCUT2D eigenvalue weighted by Crippen LogP contribution is 2.29. The van der Waals surface area contributed by atoms with Crippen molar-refractivity contribution in [2.45, 2.75) is 44.8 Å². The summed E-state index contributed by atoms with van der Waals surface area (Å²) in [5.41, 5.74) is 0. The van der Waals surface area contributed by atoms with Crippen molar-refractivity contribution in [3.8, 4) is 0 Å². The molecule has 2 atom stereocenters. The first-order chi connectivity index (χ1) is 9.74. The molecule has 124 valence electrons. The predicted molar refractivity (Wildman–Crippen MR) is 96.5 cm³/mol. The van der Waals surface area contributed by atoms with Crippen LogP contribution in [0.1, 0.15) is 32.6 Å². The molecule has 0 aromatic rings. The Morgan fingerprint density at radius 3 is 2.48 bits per heavy atom. The Morgan fingerprint density at radius 2 is 1.95 bits per heavy atom. The molecule has 0 spiro atoms. The maximum atomic E-state index is 5.89. The van der Waals surface area contributed by atoms with Crippen molar-refractivity contribution in [3.05, 3.63) is 0 Å². The monoisotopic (exact) mass is 411 g/mol. The quantitative estimate of drug-likeness (QED) is 0.315. The summed E-state index contributed by atoms with van der Waals surface area (Å²) < 4.78 is 10.9. The number of ether oxygens (including phenoxy) is 2. The van der Waals surface area contributed by atoms with Gasteiger partial charge in [-0.25, -0.2) is 0 Å². The fourth-order valence-electron chi connectivity index (χ4n) is 2.67. The Kier molecular flexibility index (Phi) is 8.89. The highest BCUT2D eigenvalue weighted by molar-refractivity contribution is 14.0. The first-order valence-corrected chi connectivity index (χ1v) is 7.83. The van der Waals surface area contributed by atoms with Crippen LogP contribution in [-0.4, -0.2) is 63.5 Å². The van der Waals surface area contributed by atoms with Crippen LogP contribution >= 0.6 is 24.0 Å². The lowest BCUT2D eigenvalue weighted by atomic mass is 10.1. The molecule has 0 bridgehead atoms. The highest BCUT2D eigenvalue weighted by atomic mass is 127. The predicted octanol–water partition coefficient (Wildman–Crippen LogP) is 2.11. The minimum Gasteiger partial charge on any atom is -0.385 e. The number of nitrogens with one attached hydrogen (secondary N) is 1. The van der Waals surface area contributed by atoms with Crippen molar-refractivity contribution in [1.29, 1.82) is 0 Å². The Balaban J connectivity index is 0.00000220. The molecule has 0 aromatic carbocycles. The molecular formula is C15H30IN3O2. The normalized spacial score (nSPS) is 26.4. The molecule has 0 amide bonds. The molecule has 1 aliphatic heterocycles. The second-order valence-corrected chi connectivity index (χ2v) is 5.91. The molecule has 1 aliphatic carbocycles. The molecule has 2 rings (SSSR count). The lowest BCUT2D eigenvalue weighted by Gasteiger charge is -2.34. The van der Waals surface area contributed by atoms with Gasteiger partial charge in [0.15, 0.2) is 5.96 Å². The second-order valence-electron chi connectivity index (χ2n) is 5.91. The van der Waals surface area contributed by atoms with Crippen LogP contribution in [0.3, 0.4) is 0 Å². The maximum absolute atomic E-state index is 5.89. The molecule has 2 fully saturated rings. The van der Waals surface area contributed by atoms with Crippen molar-refractivity contribution in [1.82, 2.24) is 10.2 Å². The van der Waals surface area contributed by atoms with Gasteiger partial charge in [-0.1, -0.05) is 6.92 Å². The van der Waals surface area contributed by atoms with Gasteiger partial charge in [-0.2, -0.15) is 0 Å². The molecule has 0 aromatic heterocycles. The minimum atomic E-state index is 0. The van der Waals surface area contributed by atoms with Crippen LogP contribution in [0.4, 0.5) is 0 Å². The van der Waals surface area contributed by atoms with Gasteiger partial charge >= 0.3 is 0 Å². The van der Waals surface area contributed by atoms with Gasteiger partial charge < -0.3 is 19.7 Å². The number of likely N-dealkylation sites (tertiary alicyclic amines) is 1. The SMILES string of the molecule is CN=C(NC1CC1C)N1CCC(OCCCOC)CC1.I. The van der Waals surface area contributed by atoms with Gasteiger partial charge in [0.2, 0.25) is 0 Å². The molecule has 1 heterocycles. The van der Waals surface area contributed by atoms with E-state index in [-0.39, 0.29) is 24.0 Å². The van der Waals surface area contributed by atoms with E-state index in [1.165, 1.54) is 6.42 Å². The summed E-state index contributed by atoms with van der Waals surface area (Å²) in [6.45, 7) is 5.95. The number of halogens is 1. The van der Waals surface area contributed by atoms with Gasteiger partial charge in [0.25, 0.3) is 0 Å². The maximum Gasteiger partial charge on any atom is 0.193 e. The van der Waals surface area contributed by atoms with Crippen LogP contribution < -0.4 is 5.32 Å². The molecule has 2 unspecified atom stereocenters. The Hall–Kier alpha value is -0.0800. The van der Waals surface area contributed by atoms with E-state index in [1.54, 1.807) is 7.11 Å². The van der Waals surface area contributed by atoms with Gasteiger partial charge in [-0.15, -0.1) is 24.0 Å². The zero-order chi connectivity index (χ0) is 14.4. The zero-order valence-electron chi connectivity index (χ0n) is 13.5. The van der Waals surface area contributed by atoms with Crippen LogP contribution in [0.2, 0.25) is 0 Å². The highest BCUT2D eigenvalue weighted by Gasteiger charge is 2.34. The number of nitrogens with zero attached hydrogens (tertiary/aromatic N) is 2. The van der Waals surface area contributed by atoms with E-state index < -0.39 is 0 Å². The van der Waals surface area contributed by atoms with E-state index in [0.717, 1.165) is 57.4 Å². The summed E-state index contributed by atoms with van der Waals surface area (Å²) in [5, 5.41) is 3.55. The lowest BCUT2D eigenvalue weighted by Crippen LogP contribution is -2.47. The van der Waals surface area contributed by atoms with E-state index >= 15 is 0 Å². The fourth-order valence-corrected chi connectivity index (χ4v) is 2.67. The second kappa shape index (κ2) is 9.84. The number of guanidine groups is 1. The standard InChI is InChI=1S/C15H29N3O2.HI/c1-12-11-14(12)17-15(16-2)18-7-5-13(6-8-18)20-10-4-9-19-3;/h12-14H,4-11H2,1-3H3,(H,16,17);1H. The molecule has 0 radical (unpaired) electrons. The Morgan fingerprint density at radius 1 is 1.29 bits per heavy atom. The molecule has 6 heteroatoms.